The molecule has 118 valence electrons. The zero-order valence-corrected chi connectivity index (χ0v) is 14.1. The molecular weight excluding hydrogens is 282 g/mol. The van der Waals surface area contributed by atoms with Crippen LogP contribution in [0.15, 0.2) is 12.1 Å². The van der Waals surface area contributed by atoms with Gasteiger partial charge in [0.05, 0.1) is 13.1 Å². The highest BCUT2D eigenvalue weighted by Crippen LogP contribution is 2.27. The van der Waals surface area contributed by atoms with Crippen molar-refractivity contribution in [3.63, 3.8) is 0 Å². The Labute approximate surface area is 131 Å². The molecule has 5 heteroatoms. The first-order valence-corrected chi connectivity index (χ1v) is 8.54. The minimum atomic E-state index is 0.0856. The molecule has 0 aromatic carbocycles. The van der Waals surface area contributed by atoms with Crippen molar-refractivity contribution in [2.45, 2.75) is 46.2 Å². The summed E-state index contributed by atoms with van der Waals surface area (Å²) < 4.78 is 0. The third kappa shape index (κ3) is 4.53. The molecule has 1 atom stereocenters. The summed E-state index contributed by atoms with van der Waals surface area (Å²) in [6.45, 7) is 9.43. The molecule has 0 radical (unpaired) electrons. The van der Waals surface area contributed by atoms with E-state index in [-0.39, 0.29) is 17.4 Å². The van der Waals surface area contributed by atoms with Crippen molar-refractivity contribution in [3.8, 4) is 0 Å². The van der Waals surface area contributed by atoms with Crippen LogP contribution in [0.2, 0.25) is 0 Å². The monoisotopic (exact) mass is 309 g/mol. The number of hydrogen-bond donors (Lipinski definition) is 2. The van der Waals surface area contributed by atoms with Crippen LogP contribution in [-0.2, 0) is 17.8 Å². The van der Waals surface area contributed by atoms with Crippen LogP contribution in [0.4, 0.5) is 0 Å². The van der Waals surface area contributed by atoms with Gasteiger partial charge in [0.2, 0.25) is 5.91 Å². The van der Waals surface area contributed by atoms with Gasteiger partial charge in [0.1, 0.15) is 0 Å². The van der Waals surface area contributed by atoms with Crippen molar-refractivity contribution in [3.05, 3.63) is 21.9 Å². The van der Waals surface area contributed by atoms with Gasteiger partial charge in [-0.15, -0.1) is 11.3 Å². The number of piperidine rings is 1. The maximum atomic E-state index is 12.1. The SMILES string of the molecule is CCc1ccc(CNC(=O)CN2CCC(N)C(C)(C)C2)s1. The molecule has 3 N–H and O–H groups in total. The molecule has 2 rings (SSSR count). The Morgan fingerprint density at radius 1 is 1.48 bits per heavy atom. The van der Waals surface area contributed by atoms with Crippen LogP contribution in [0.3, 0.4) is 0 Å². The Balaban J connectivity index is 1.77. The maximum absolute atomic E-state index is 12.1. The Morgan fingerprint density at radius 3 is 2.81 bits per heavy atom. The quantitative estimate of drug-likeness (QED) is 0.874. The molecule has 21 heavy (non-hydrogen) atoms. The molecule has 0 saturated carbocycles. The van der Waals surface area contributed by atoms with E-state index in [0.29, 0.717) is 13.1 Å². The molecular formula is C16H27N3OS. The summed E-state index contributed by atoms with van der Waals surface area (Å²) in [4.78, 5) is 16.9. The number of rotatable bonds is 5. The van der Waals surface area contributed by atoms with E-state index < -0.39 is 0 Å². The number of likely N-dealkylation sites (tertiary alicyclic amines) is 1. The van der Waals surface area contributed by atoms with Crippen molar-refractivity contribution in [1.82, 2.24) is 10.2 Å². The fourth-order valence-electron chi connectivity index (χ4n) is 2.77. The van der Waals surface area contributed by atoms with Gasteiger partial charge in [-0.2, -0.15) is 0 Å². The normalized spacial score (nSPS) is 22.2. The largest absolute Gasteiger partial charge is 0.350 e. The molecule has 0 aliphatic carbocycles. The Hall–Kier alpha value is -0.910. The van der Waals surface area contributed by atoms with Crippen molar-refractivity contribution >= 4 is 17.2 Å². The number of nitrogens with zero attached hydrogens (tertiary/aromatic N) is 1. The molecule has 1 amide bonds. The van der Waals surface area contributed by atoms with Crippen LogP contribution in [0.5, 0.6) is 0 Å². The molecule has 1 saturated heterocycles. The van der Waals surface area contributed by atoms with Gasteiger partial charge in [-0.05, 0) is 30.4 Å². The number of carbonyl (C=O) groups is 1. The Kier molecular flexibility index (Phi) is 5.41. The maximum Gasteiger partial charge on any atom is 0.234 e. The Bertz CT molecular complexity index is 484. The van der Waals surface area contributed by atoms with E-state index >= 15 is 0 Å². The molecule has 4 nitrogen and oxygen atoms in total. The molecule has 2 heterocycles. The van der Waals surface area contributed by atoms with Gasteiger partial charge in [-0.25, -0.2) is 0 Å². The summed E-state index contributed by atoms with van der Waals surface area (Å²) in [5.41, 5.74) is 6.22. The molecule has 1 unspecified atom stereocenters. The third-order valence-corrected chi connectivity index (χ3v) is 5.51. The average Bonchev–Trinajstić information content (AvgIpc) is 2.88. The molecule has 1 aromatic rings. The highest BCUT2D eigenvalue weighted by molar-refractivity contribution is 7.11. The predicted octanol–water partition coefficient (Wildman–Crippen LogP) is 1.99. The summed E-state index contributed by atoms with van der Waals surface area (Å²) in [5.74, 6) is 0.104. The van der Waals surface area contributed by atoms with E-state index in [1.807, 2.05) is 0 Å². The van der Waals surface area contributed by atoms with Crippen LogP contribution in [0.25, 0.3) is 0 Å². The highest BCUT2D eigenvalue weighted by atomic mass is 32.1. The fourth-order valence-corrected chi connectivity index (χ4v) is 3.67. The van der Waals surface area contributed by atoms with Gasteiger partial charge in [0, 0.05) is 28.9 Å². The van der Waals surface area contributed by atoms with Crippen LogP contribution >= 0.6 is 11.3 Å². The molecule has 0 spiro atoms. The molecule has 1 fully saturated rings. The lowest BCUT2D eigenvalue weighted by Gasteiger charge is -2.42. The van der Waals surface area contributed by atoms with Gasteiger partial charge in [0.15, 0.2) is 0 Å². The number of nitrogens with two attached hydrogens (primary N) is 1. The average molecular weight is 309 g/mol. The van der Waals surface area contributed by atoms with E-state index in [9.17, 15) is 4.79 Å². The van der Waals surface area contributed by atoms with Crippen LogP contribution < -0.4 is 11.1 Å². The smallest absolute Gasteiger partial charge is 0.234 e. The zero-order chi connectivity index (χ0) is 15.5. The number of aryl methyl sites for hydroxylation is 1. The number of amides is 1. The summed E-state index contributed by atoms with van der Waals surface area (Å²) in [7, 11) is 0. The lowest BCUT2D eigenvalue weighted by molar-refractivity contribution is -0.123. The molecule has 1 aliphatic heterocycles. The predicted molar refractivity (Wildman–Crippen MR) is 88.4 cm³/mol. The number of hydrogen-bond acceptors (Lipinski definition) is 4. The minimum absolute atomic E-state index is 0.0856. The van der Waals surface area contributed by atoms with Gasteiger partial charge in [-0.1, -0.05) is 20.8 Å². The van der Waals surface area contributed by atoms with E-state index in [4.69, 9.17) is 5.73 Å². The van der Waals surface area contributed by atoms with Gasteiger partial charge < -0.3 is 11.1 Å². The number of carbonyl (C=O) groups excluding carboxylic acids is 1. The number of nitrogens with one attached hydrogen (secondary N) is 1. The first kappa shape index (κ1) is 16.5. The zero-order valence-electron chi connectivity index (χ0n) is 13.3. The van der Waals surface area contributed by atoms with Crippen molar-refractivity contribution < 1.29 is 4.79 Å². The lowest BCUT2D eigenvalue weighted by atomic mass is 9.80. The first-order valence-electron chi connectivity index (χ1n) is 7.73. The first-order chi connectivity index (χ1) is 9.90. The van der Waals surface area contributed by atoms with Crippen molar-refractivity contribution in [2.75, 3.05) is 19.6 Å². The second kappa shape index (κ2) is 6.90. The van der Waals surface area contributed by atoms with Crippen molar-refractivity contribution in [2.24, 2.45) is 11.1 Å². The molecule has 1 aromatic heterocycles. The molecule has 0 bridgehead atoms. The standard InChI is InChI=1S/C16H27N3OS/c1-4-12-5-6-13(21-12)9-18-15(20)10-19-8-7-14(17)16(2,3)11-19/h5-6,14H,4,7-11,17H2,1-3H3,(H,18,20). The second-order valence-electron chi connectivity index (χ2n) is 6.59. The second-order valence-corrected chi connectivity index (χ2v) is 7.85. The minimum Gasteiger partial charge on any atom is -0.350 e. The summed E-state index contributed by atoms with van der Waals surface area (Å²) in [5, 5.41) is 3.02. The third-order valence-electron chi connectivity index (χ3n) is 4.28. The van der Waals surface area contributed by atoms with E-state index in [1.54, 1.807) is 11.3 Å². The van der Waals surface area contributed by atoms with E-state index in [1.165, 1.54) is 9.75 Å². The van der Waals surface area contributed by atoms with E-state index in [0.717, 1.165) is 25.9 Å². The summed E-state index contributed by atoms with van der Waals surface area (Å²) in [6, 6.07) is 4.48. The Morgan fingerprint density at radius 2 is 2.19 bits per heavy atom. The lowest BCUT2D eigenvalue weighted by Crippen LogP contribution is -2.54. The van der Waals surface area contributed by atoms with E-state index in [2.05, 4.69) is 43.1 Å². The van der Waals surface area contributed by atoms with Gasteiger partial charge in [-0.3, -0.25) is 9.69 Å². The highest BCUT2D eigenvalue weighted by Gasteiger charge is 2.33. The van der Waals surface area contributed by atoms with Crippen molar-refractivity contribution in [1.29, 1.82) is 0 Å². The van der Waals surface area contributed by atoms with Crippen LogP contribution in [0, 0.1) is 5.41 Å². The topological polar surface area (TPSA) is 58.4 Å². The van der Waals surface area contributed by atoms with Crippen LogP contribution in [0.1, 0.15) is 36.9 Å². The molecule has 1 aliphatic rings. The number of thiophene rings is 1. The van der Waals surface area contributed by atoms with Gasteiger partial charge >= 0.3 is 0 Å². The van der Waals surface area contributed by atoms with Crippen LogP contribution in [-0.4, -0.2) is 36.5 Å². The van der Waals surface area contributed by atoms with Gasteiger partial charge in [0.25, 0.3) is 0 Å². The summed E-state index contributed by atoms with van der Waals surface area (Å²) >= 11 is 1.78. The fraction of sp³-hybridized carbons (Fsp3) is 0.688. The summed E-state index contributed by atoms with van der Waals surface area (Å²) in [6.07, 6.45) is 2.02.